The van der Waals surface area contributed by atoms with Crippen molar-refractivity contribution in [3.05, 3.63) is 33.1 Å². The van der Waals surface area contributed by atoms with Crippen molar-refractivity contribution in [1.82, 2.24) is 10.3 Å². The molecule has 1 aliphatic rings. The Morgan fingerprint density at radius 3 is 2.89 bits per heavy atom. The van der Waals surface area contributed by atoms with Gasteiger partial charge in [-0.25, -0.2) is 4.98 Å². The molecule has 1 saturated carbocycles. The van der Waals surface area contributed by atoms with E-state index in [0.717, 1.165) is 0 Å². The molecule has 0 spiro atoms. The van der Waals surface area contributed by atoms with Crippen molar-refractivity contribution in [2.45, 2.75) is 25.0 Å². The predicted octanol–water partition coefficient (Wildman–Crippen LogP) is 1.55. The highest BCUT2D eigenvalue weighted by Gasteiger charge is 2.32. The minimum Gasteiger partial charge on any atom is -0.381 e. The smallest absolute Gasteiger partial charge is 0.319 e. The Morgan fingerprint density at radius 2 is 2.32 bits per heavy atom. The maximum atomic E-state index is 12.0. The number of rotatable bonds is 4. The van der Waals surface area contributed by atoms with Crippen LogP contribution in [0, 0.1) is 10.1 Å². The summed E-state index contributed by atoms with van der Waals surface area (Å²) in [4.78, 5) is 25.8. The van der Waals surface area contributed by atoms with Crippen LogP contribution < -0.4 is 5.32 Å². The van der Waals surface area contributed by atoms with Crippen molar-refractivity contribution in [1.29, 1.82) is 0 Å². The van der Waals surface area contributed by atoms with Gasteiger partial charge in [-0.3, -0.25) is 14.9 Å². The van der Waals surface area contributed by atoms with Gasteiger partial charge in [0, 0.05) is 19.3 Å². The second-order valence-corrected chi connectivity index (χ2v) is 4.61. The number of aromatic nitrogens is 1. The summed E-state index contributed by atoms with van der Waals surface area (Å²) in [5.74, 6) is -0.518. The first kappa shape index (κ1) is 13.7. The average Bonchev–Trinajstić information content (AvgIpc) is 2.32. The number of halogens is 1. The van der Waals surface area contributed by atoms with Gasteiger partial charge in [0.25, 0.3) is 5.91 Å². The summed E-state index contributed by atoms with van der Waals surface area (Å²) in [6.07, 6.45) is 2.81. The molecule has 1 fully saturated rings. The zero-order valence-electron chi connectivity index (χ0n) is 10.1. The van der Waals surface area contributed by atoms with Crippen molar-refractivity contribution in [3.63, 3.8) is 0 Å². The second-order valence-electron chi connectivity index (χ2n) is 4.25. The quantitative estimate of drug-likeness (QED) is 0.514. The standard InChI is InChI=1S/C11H12ClN3O4/c1-19-7-4-6(5-7)14-11(16)8-2-3-13-10(12)9(8)15(17)18/h2-3,6-7H,4-5H2,1H3,(H,14,16). The van der Waals surface area contributed by atoms with E-state index in [0.29, 0.717) is 12.8 Å². The molecule has 0 radical (unpaired) electrons. The molecule has 1 N–H and O–H groups in total. The first-order chi connectivity index (χ1) is 9.02. The number of carbonyl (C=O) groups is 1. The van der Waals surface area contributed by atoms with Gasteiger partial charge in [0.15, 0.2) is 0 Å². The van der Waals surface area contributed by atoms with Crippen molar-refractivity contribution in [2.75, 3.05) is 7.11 Å². The van der Waals surface area contributed by atoms with Gasteiger partial charge in [-0.2, -0.15) is 0 Å². The molecule has 1 aliphatic carbocycles. The molecule has 0 atom stereocenters. The molecule has 8 heteroatoms. The van der Waals surface area contributed by atoms with Crippen LogP contribution in [-0.2, 0) is 4.74 Å². The van der Waals surface area contributed by atoms with E-state index in [-0.39, 0.29) is 22.9 Å². The van der Waals surface area contributed by atoms with E-state index >= 15 is 0 Å². The summed E-state index contributed by atoms with van der Waals surface area (Å²) in [6, 6.07) is 1.26. The van der Waals surface area contributed by atoms with E-state index in [1.54, 1.807) is 7.11 Å². The van der Waals surface area contributed by atoms with Crippen LogP contribution in [0.25, 0.3) is 0 Å². The first-order valence-corrected chi connectivity index (χ1v) is 6.03. The van der Waals surface area contributed by atoms with Crippen LogP contribution in [0.4, 0.5) is 5.69 Å². The third-order valence-corrected chi connectivity index (χ3v) is 3.35. The van der Waals surface area contributed by atoms with Crippen LogP contribution in [-0.4, -0.2) is 35.1 Å². The number of hydrogen-bond donors (Lipinski definition) is 1. The summed E-state index contributed by atoms with van der Waals surface area (Å²) < 4.78 is 5.09. The lowest BCUT2D eigenvalue weighted by atomic mass is 9.89. The zero-order chi connectivity index (χ0) is 14.0. The number of methoxy groups -OCH3 is 1. The molecule has 102 valence electrons. The first-order valence-electron chi connectivity index (χ1n) is 5.65. The molecule has 1 aromatic heterocycles. The third kappa shape index (κ3) is 2.82. The Balaban J connectivity index is 2.12. The van der Waals surface area contributed by atoms with Crippen molar-refractivity contribution >= 4 is 23.2 Å². The number of nitro groups is 1. The lowest BCUT2D eigenvalue weighted by Crippen LogP contribution is -2.47. The van der Waals surface area contributed by atoms with E-state index < -0.39 is 16.5 Å². The highest BCUT2D eigenvalue weighted by molar-refractivity contribution is 6.32. The molecule has 0 saturated heterocycles. The highest BCUT2D eigenvalue weighted by atomic mass is 35.5. The number of ether oxygens (including phenoxy) is 1. The maximum absolute atomic E-state index is 12.0. The van der Waals surface area contributed by atoms with E-state index in [9.17, 15) is 14.9 Å². The number of carbonyl (C=O) groups excluding carboxylic acids is 1. The van der Waals surface area contributed by atoms with Crippen molar-refractivity contribution in [3.8, 4) is 0 Å². The number of amides is 1. The third-order valence-electron chi connectivity index (χ3n) is 3.07. The summed E-state index contributed by atoms with van der Waals surface area (Å²) in [6.45, 7) is 0. The molecule has 2 rings (SSSR count). The number of pyridine rings is 1. The largest absolute Gasteiger partial charge is 0.381 e. The van der Waals surface area contributed by atoms with Crippen LogP contribution in [0.15, 0.2) is 12.3 Å². The monoisotopic (exact) mass is 285 g/mol. The summed E-state index contributed by atoms with van der Waals surface area (Å²) in [7, 11) is 1.61. The normalized spacial score (nSPS) is 21.6. The average molecular weight is 286 g/mol. The molecule has 1 amide bonds. The molecule has 0 bridgehead atoms. The zero-order valence-corrected chi connectivity index (χ0v) is 10.9. The molecular weight excluding hydrogens is 274 g/mol. The van der Waals surface area contributed by atoms with Crippen molar-refractivity contribution < 1.29 is 14.5 Å². The van der Waals surface area contributed by atoms with Crippen LogP contribution in [0.3, 0.4) is 0 Å². The molecule has 0 aliphatic heterocycles. The minimum absolute atomic E-state index is 0.0241. The van der Waals surface area contributed by atoms with E-state index in [4.69, 9.17) is 16.3 Å². The minimum atomic E-state index is -0.705. The van der Waals surface area contributed by atoms with Gasteiger partial charge in [-0.15, -0.1) is 0 Å². The molecule has 1 heterocycles. The second kappa shape index (κ2) is 5.50. The Hall–Kier alpha value is -1.73. The molecule has 7 nitrogen and oxygen atoms in total. The van der Waals surface area contributed by atoms with Gasteiger partial charge in [0.1, 0.15) is 5.56 Å². The van der Waals surface area contributed by atoms with Gasteiger partial charge >= 0.3 is 5.69 Å². The Kier molecular flexibility index (Phi) is 3.96. The molecule has 19 heavy (non-hydrogen) atoms. The van der Waals surface area contributed by atoms with Gasteiger partial charge in [-0.1, -0.05) is 11.6 Å². The summed E-state index contributed by atoms with van der Waals surface area (Å²) >= 11 is 5.65. The summed E-state index contributed by atoms with van der Waals surface area (Å²) in [5, 5.41) is 13.3. The van der Waals surface area contributed by atoms with Gasteiger partial charge in [-0.05, 0) is 18.9 Å². The Bertz CT molecular complexity index is 517. The van der Waals surface area contributed by atoms with E-state index in [1.807, 2.05) is 0 Å². The maximum Gasteiger partial charge on any atom is 0.319 e. The topological polar surface area (TPSA) is 94.4 Å². The van der Waals surface area contributed by atoms with Crippen LogP contribution in [0.2, 0.25) is 5.15 Å². The highest BCUT2D eigenvalue weighted by Crippen LogP contribution is 2.27. The molecule has 1 aromatic rings. The fraction of sp³-hybridized carbons (Fsp3) is 0.455. The lowest BCUT2D eigenvalue weighted by molar-refractivity contribution is -0.385. The number of nitrogens with one attached hydrogen (secondary N) is 1. The van der Waals surface area contributed by atoms with Crippen molar-refractivity contribution in [2.24, 2.45) is 0 Å². The molecule has 0 unspecified atom stereocenters. The summed E-state index contributed by atoms with van der Waals surface area (Å²) in [5.41, 5.74) is -0.546. The van der Waals surface area contributed by atoms with Crippen LogP contribution in [0.5, 0.6) is 0 Å². The lowest BCUT2D eigenvalue weighted by Gasteiger charge is -2.34. The number of nitrogens with zero attached hydrogens (tertiary/aromatic N) is 2. The molecular formula is C11H12ClN3O4. The van der Waals surface area contributed by atoms with Gasteiger partial charge in [0.05, 0.1) is 11.0 Å². The van der Waals surface area contributed by atoms with E-state index in [2.05, 4.69) is 10.3 Å². The number of hydrogen-bond acceptors (Lipinski definition) is 5. The fourth-order valence-electron chi connectivity index (χ4n) is 1.92. The fourth-order valence-corrected chi connectivity index (χ4v) is 2.15. The van der Waals surface area contributed by atoms with Crippen LogP contribution >= 0.6 is 11.6 Å². The Labute approximate surface area is 114 Å². The predicted molar refractivity (Wildman–Crippen MR) is 67.2 cm³/mol. The van der Waals surface area contributed by atoms with Gasteiger partial charge < -0.3 is 10.1 Å². The van der Waals surface area contributed by atoms with Gasteiger partial charge in [0.2, 0.25) is 5.15 Å². The SMILES string of the molecule is COC1CC(NC(=O)c2ccnc(Cl)c2[N+](=O)[O-])C1. The van der Waals surface area contributed by atoms with Crippen LogP contribution in [0.1, 0.15) is 23.2 Å². The Morgan fingerprint density at radius 1 is 1.63 bits per heavy atom. The van der Waals surface area contributed by atoms with E-state index in [1.165, 1.54) is 12.3 Å². The molecule has 0 aromatic carbocycles.